The summed E-state index contributed by atoms with van der Waals surface area (Å²) in [5, 5.41) is 5.46. The number of rotatable bonds is 10. The summed E-state index contributed by atoms with van der Waals surface area (Å²) in [6.07, 6.45) is 6.16. The normalized spacial score (nSPS) is 20.0. The van der Waals surface area contributed by atoms with Gasteiger partial charge in [-0.3, -0.25) is 19.6 Å². The van der Waals surface area contributed by atoms with Gasteiger partial charge in [0.25, 0.3) is 0 Å². The number of nitrogens with zero attached hydrogens (tertiary/aromatic N) is 4. The topological polar surface area (TPSA) is 151 Å². The first-order valence-electron chi connectivity index (χ1n) is 21.1. The number of alkyl carbamates (subject to hydrolysis) is 2. The van der Waals surface area contributed by atoms with Crippen LogP contribution in [0.4, 0.5) is 15.3 Å². The largest absolute Gasteiger partial charge is 0.457 e. The van der Waals surface area contributed by atoms with Crippen LogP contribution in [0.1, 0.15) is 82.1 Å². The number of ether oxygens (including phenoxy) is 3. The molecule has 314 valence electrons. The summed E-state index contributed by atoms with van der Waals surface area (Å²) >= 11 is 0. The highest BCUT2D eigenvalue weighted by Crippen LogP contribution is 2.42. The van der Waals surface area contributed by atoms with E-state index < -0.39 is 24.3 Å². The van der Waals surface area contributed by atoms with E-state index in [1.54, 1.807) is 0 Å². The van der Waals surface area contributed by atoms with Crippen molar-refractivity contribution in [3.8, 4) is 22.6 Å². The molecule has 8 rings (SSSR count). The van der Waals surface area contributed by atoms with Gasteiger partial charge in [0.15, 0.2) is 0 Å². The lowest BCUT2D eigenvalue weighted by Gasteiger charge is -2.31. The van der Waals surface area contributed by atoms with E-state index in [0.717, 1.165) is 99.7 Å². The molecule has 0 unspecified atom stereocenters. The fourth-order valence-electron chi connectivity index (χ4n) is 9.23. The molecule has 0 aliphatic carbocycles. The molecule has 0 spiro atoms. The van der Waals surface area contributed by atoms with Crippen molar-refractivity contribution in [2.45, 2.75) is 96.8 Å². The SMILES string of the molecule is COC(=O)N[C@H](C(=O)N1CCC[C@H]1C1=NC=C(c2ccc3c(c2)Oc2cc(-c4ccc5c(c4)CC([C@@H]4CCCN4C(=O)[C@@H](NC(=O)OC)C(C)C)=N5)ccc2C3)C1)C(C)C. The van der Waals surface area contributed by atoms with Crippen molar-refractivity contribution in [3.63, 3.8) is 0 Å². The Morgan fingerprint density at radius 1 is 0.667 bits per heavy atom. The monoisotopic (exact) mass is 814 g/mol. The average molecular weight is 815 g/mol. The third kappa shape index (κ3) is 8.01. The molecule has 0 bridgehead atoms. The van der Waals surface area contributed by atoms with E-state index in [-0.39, 0.29) is 35.7 Å². The lowest BCUT2D eigenvalue weighted by atomic mass is 9.93. The van der Waals surface area contributed by atoms with Crippen molar-refractivity contribution in [3.05, 3.63) is 83.1 Å². The number of carbonyl (C=O) groups excluding carboxylic acids is 4. The molecule has 0 radical (unpaired) electrons. The van der Waals surface area contributed by atoms with Gasteiger partial charge in [0.2, 0.25) is 11.8 Å². The highest BCUT2D eigenvalue weighted by Gasteiger charge is 2.40. The maximum atomic E-state index is 13.7. The third-order valence-electron chi connectivity index (χ3n) is 12.5. The van der Waals surface area contributed by atoms with Crippen LogP contribution >= 0.6 is 0 Å². The Kier molecular flexibility index (Phi) is 11.5. The molecule has 2 saturated heterocycles. The summed E-state index contributed by atoms with van der Waals surface area (Å²) in [4.78, 5) is 65.1. The summed E-state index contributed by atoms with van der Waals surface area (Å²) in [6.45, 7) is 8.93. The van der Waals surface area contributed by atoms with Crippen LogP contribution in [0.3, 0.4) is 0 Å². The second-order valence-corrected chi connectivity index (χ2v) is 17.1. The van der Waals surface area contributed by atoms with Crippen LogP contribution in [0.5, 0.6) is 11.5 Å². The highest BCUT2D eigenvalue weighted by molar-refractivity contribution is 6.04. The molecule has 5 aliphatic rings. The summed E-state index contributed by atoms with van der Waals surface area (Å²) in [6, 6.07) is 17.5. The van der Waals surface area contributed by atoms with Crippen molar-refractivity contribution in [1.82, 2.24) is 20.4 Å². The number of hydrogen-bond donors (Lipinski definition) is 2. The third-order valence-corrected chi connectivity index (χ3v) is 12.5. The Morgan fingerprint density at radius 3 is 1.78 bits per heavy atom. The van der Waals surface area contributed by atoms with Crippen molar-refractivity contribution in [2.75, 3.05) is 27.3 Å². The fourth-order valence-corrected chi connectivity index (χ4v) is 9.23. The second kappa shape index (κ2) is 16.9. The first-order chi connectivity index (χ1) is 28.9. The minimum absolute atomic E-state index is 0.0941. The van der Waals surface area contributed by atoms with Crippen LogP contribution in [-0.4, -0.2) is 96.7 Å². The van der Waals surface area contributed by atoms with E-state index in [1.807, 2.05) is 43.7 Å². The van der Waals surface area contributed by atoms with Crippen LogP contribution in [0.25, 0.3) is 16.7 Å². The van der Waals surface area contributed by atoms with E-state index in [4.69, 9.17) is 24.2 Å². The van der Waals surface area contributed by atoms with Gasteiger partial charge in [0.1, 0.15) is 23.6 Å². The molecule has 5 aliphatic heterocycles. The van der Waals surface area contributed by atoms with Crippen molar-refractivity contribution < 1.29 is 33.4 Å². The van der Waals surface area contributed by atoms with Gasteiger partial charge in [-0.15, -0.1) is 0 Å². The minimum atomic E-state index is -0.673. The number of aliphatic imine (C=N–C) groups is 2. The standard InChI is InChI=1S/C47H54N6O7/c1-26(2)42(50-46(56)58-5)44(54)52-17-7-9-38(52)36-22-34(25-48-36)30-12-14-32-20-31-13-11-29(23-40(31)60-41(32)24-30)28-15-16-35-33(19-28)21-37(49-35)39-10-8-18-53(39)45(55)43(27(3)4)51-47(57)59-6/h11-16,19,23-27,38-39,42-43H,7-10,17-18,20-22H2,1-6H3,(H,50,56)(H,51,57)/t38-,39-,42-,43-/m0/s1. The van der Waals surface area contributed by atoms with Gasteiger partial charge in [-0.25, -0.2) is 9.59 Å². The predicted octanol–water partition coefficient (Wildman–Crippen LogP) is 7.61. The Bertz CT molecular complexity index is 2310. The number of carbonyl (C=O) groups is 4. The number of allylic oxidation sites excluding steroid dienone is 1. The Hall–Kier alpha value is -5.98. The molecule has 2 fully saturated rings. The smallest absolute Gasteiger partial charge is 0.407 e. The van der Waals surface area contributed by atoms with E-state index in [9.17, 15) is 19.2 Å². The number of fused-ring (bicyclic) bond motifs is 3. The lowest BCUT2D eigenvalue weighted by Crippen LogP contribution is -2.53. The van der Waals surface area contributed by atoms with E-state index in [0.29, 0.717) is 25.9 Å². The molecule has 13 heteroatoms. The van der Waals surface area contributed by atoms with E-state index in [1.165, 1.54) is 14.2 Å². The maximum Gasteiger partial charge on any atom is 0.407 e. The van der Waals surface area contributed by atoms with Crippen LogP contribution in [0, 0.1) is 11.8 Å². The average Bonchev–Trinajstić information content (AvgIpc) is 4.09. The molecular formula is C47H54N6O7. The van der Waals surface area contributed by atoms with Gasteiger partial charge < -0.3 is 34.6 Å². The number of benzene rings is 3. The minimum Gasteiger partial charge on any atom is -0.457 e. The van der Waals surface area contributed by atoms with Gasteiger partial charge in [-0.2, -0.15) is 0 Å². The Morgan fingerprint density at radius 2 is 1.20 bits per heavy atom. The summed E-state index contributed by atoms with van der Waals surface area (Å²) in [5.74, 6) is 1.25. The van der Waals surface area contributed by atoms with Crippen molar-refractivity contribution in [1.29, 1.82) is 0 Å². The molecule has 13 nitrogen and oxygen atoms in total. The second-order valence-electron chi connectivity index (χ2n) is 17.1. The van der Waals surface area contributed by atoms with Crippen molar-refractivity contribution in [2.24, 2.45) is 21.8 Å². The quantitative estimate of drug-likeness (QED) is 0.167. The van der Waals surface area contributed by atoms with Gasteiger partial charge in [0.05, 0.1) is 32.0 Å². The van der Waals surface area contributed by atoms with Crippen LogP contribution in [0.15, 0.2) is 70.8 Å². The summed E-state index contributed by atoms with van der Waals surface area (Å²) in [5.41, 5.74) is 10.4. The zero-order chi connectivity index (χ0) is 42.2. The highest BCUT2D eigenvalue weighted by atomic mass is 16.5. The van der Waals surface area contributed by atoms with Crippen LogP contribution in [-0.2, 0) is 31.9 Å². The molecule has 60 heavy (non-hydrogen) atoms. The molecule has 0 saturated carbocycles. The zero-order valence-corrected chi connectivity index (χ0v) is 35.2. The molecule has 5 heterocycles. The van der Waals surface area contributed by atoms with Crippen LogP contribution in [0.2, 0.25) is 0 Å². The van der Waals surface area contributed by atoms with Gasteiger partial charge in [-0.1, -0.05) is 58.0 Å². The number of methoxy groups -OCH3 is 2. The lowest BCUT2D eigenvalue weighted by molar-refractivity contribution is -0.134. The molecule has 2 N–H and O–H groups in total. The Balaban J connectivity index is 0.926. The molecule has 4 amide bonds. The fraction of sp³-hybridized carbons (Fsp3) is 0.447. The van der Waals surface area contributed by atoms with Gasteiger partial charge in [-0.05, 0) is 101 Å². The molecule has 4 atom stereocenters. The predicted molar refractivity (Wildman–Crippen MR) is 230 cm³/mol. The zero-order valence-electron chi connectivity index (χ0n) is 35.2. The summed E-state index contributed by atoms with van der Waals surface area (Å²) < 4.78 is 16.2. The number of hydrogen-bond acceptors (Lipinski definition) is 9. The van der Waals surface area contributed by atoms with Crippen molar-refractivity contribution >= 4 is 46.7 Å². The van der Waals surface area contributed by atoms with E-state index in [2.05, 4.69) is 65.2 Å². The molecular weight excluding hydrogens is 761 g/mol. The first kappa shape index (κ1) is 40.8. The number of likely N-dealkylation sites (tertiary alicyclic amines) is 2. The molecule has 3 aromatic rings. The van der Waals surface area contributed by atoms with Crippen LogP contribution < -0.4 is 15.4 Å². The molecule has 3 aromatic carbocycles. The van der Waals surface area contributed by atoms with E-state index >= 15 is 0 Å². The maximum absolute atomic E-state index is 13.7. The number of amides is 4. The molecule has 0 aromatic heterocycles. The summed E-state index contributed by atoms with van der Waals surface area (Å²) in [7, 11) is 2.60. The van der Waals surface area contributed by atoms with Gasteiger partial charge >= 0.3 is 12.2 Å². The Labute approximate surface area is 351 Å². The number of nitrogens with one attached hydrogen (secondary N) is 2. The first-order valence-corrected chi connectivity index (χ1v) is 21.1. The van der Waals surface area contributed by atoms with Gasteiger partial charge in [0, 0.05) is 50.0 Å².